The third-order valence-electron chi connectivity index (χ3n) is 4.36. The molecule has 0 aliphatic heterocycles. The van der Waals surface area contributed by atoms with E-state index in [0.717, 1.165) is 23.6 Å². The quantitative estimate of drug-likeness (QED) is 0.608. The third kappa shape index (κ3) is 3.90. The summed E-state index contributed by atoms with van der Waals surface area (Å²) in [4.78, 5) is 2.44. The fraction of sp³-hybridized carbons (Fsp3) is 0.350. The molecule has 1 aromatic heterocycles. The molecule has 2 aromatic carbocycles. The van der Waals surface area contributed by atoms with Crippen LogP contribution in [0.4, 0.5) is 5.69 Å². The summed E-state index contributed by atoms with van der Waals surface area (Å²) in [7, 11) is 1.98. The standard InChI is InChI=1S/C20H24ClN3/c1-15(2)10-11-24(14-16-4-6-18(21)7-5-16)19-8-9-20-17(12-19)13-22-23(20)3/h4-9,12-13,15H,10-11,14H2,1-3H3. The van der Waals surface area contributed by atoms with Gasteiger partial charge in [0.2, 0.25) is 0 Å². The summed E-state index contributed by atoms with van der Waals surface area (Å²) in [5.74, 6) is 0.680. The van der Waals surface area contributed by atoms with E-state index in [9.17, 15) is 0 Å². The number of aromatic nitrogens is 2. The summed E-state index contributed by atoms with van der Waals surface area (Å²) in [6.45, 7) is 6.46. The molecule has 0 bridgehead atoms. The highest BCUT2D eigenvalue weighted by Gasteiger charge is 2.10. The molecule has 4 heteroatoms. The maximum absolute atomic E-state index is 6.01. The Morgan fingerprint density at radius 1 is 1.12 bits per heavy atom. The van der Waals surface area contributed by atoms with Gasteiger partial charge in [-0.15, -0.1) is 0 Å². The Morgan fingerprint density at radius 2 is 1.88 bits per heavy atom. The van der Waals surface area contributed by atoms with Crippen molar-refractivity contribution >= 4 is 28.2 Å². The predicted molar refractivity (Wildman–Crippen MR) is 103 cm³/mol. The van der Waals surface area contributed by atoms with Crippen molar-refractivity contribution in [3.8, 4) is 0 Å². The van der Waals surface area contributed by atoms with E-state index in [-0.39, 0.29) is 0 Å². The van der Waals surface area contributed by atoms with Gasteiger partial charge in [-0.2, -0.15) is 5.10 Å². The third-order valence-corrected chi connectivity index (χ3v) is 4.61. The molecule has 0 N–H and O–H groups in total. The van der Waals surface area contributed by atoms with Crippen molar-refractivity contribution in [3.63, 3.8) is 0 Å². The average Bonchev–Trinajstić information content (AvgIpc) is 2.94. The Balaban J connectivity index is 1.88. The fourth-order valence-corrected chi connectivity index (χ4v) is 3.00. The van der Waals surface area contributed by atoms with Crippen LogP contribution in [0.1, 0.15) is 25.8 Å². The van der Waals surface area contributed by atoms with Crippen LogP contribution in [-0.4, -0.2) is 16.3 Å². The molecule has 1 heterocycles. The minimum atomic E-state index is 0.680. The van der Waals surface area contributed by atoms with Crippen LogP contribution in [0, 0.1) is 5.92 Å². The van der Waals surface area contributed by atoms with E-state index in [1.165, 1.54) is 23.1 Å². The molecular formula is C20H24ClN3. The van der Waals surface area contributed by atoms with Crippen LogP contribution in [0.15, 0.2) is 48.7 Å². The SMILES string of the molecule is CC(C)CCN(Cc1ccc(Cl)cc1)c1ccc2c(cnn2C)c1. The molecule has 0 radical (unpaired) electrons. The van der Waals surface area contributed by atoms with Crippen molar-refractivity contribution in [1.82, 2.24) is 9.78 Å². The molecule has 24 heavy (non-hydrogen) atoms. The normalized spacial score (nSPS) is 11.4. The monoisotopic (exact) mass is 341 g/mol. The van der Waals surface area contributed by atoms with Crippen LogP contribution in [0.3, 0.4) is 0 Å². The first kappa shape index (κ1) is 16.8. The van der Waals surface area contributed by atoms with E-state index in [4.69, 9.17) is 11.6 Å². The van der Waals surface area contributed by atoms with Crippen molar-refractivity contribution in [1.29, 1.82) is 0 Å². The Hall–Kier alpha value is -2.00. The zero-order valence-electron chi connectivity index (χ0n) is 14.5. The molecule has 0 saturated heterocycles. The van der Waals surface area contributed by atoms with Crippen molar-refractivity contribution in [2.45, 2.75) is 26.8 Å². The maximum atomic E-state index is 6.01. The van der Waals surface area contributed by atoms with E-state index in [2.05, 4.69) is 54.2 Å². The second-order valence-corrected chi connectivity index (χ2v) is 7.18. The number of anilines is 1. The van der Waals surface area contributed by atoms with Gasteiger partial charge in [-0.05, 0) is 48.2 Å². The summed E-state index contributed by atoms with van der Waals surface area (Å²) < 4.78 is 1.91. The molecule has 3 nitrogen and oxygen atoms in total. The van der Waals surface area contributed by atoms with Crippen molar-refractivity contribution < 1.29 is 0 Å². The molecule has 0 amide bonds. The number of nitrogens with zero attached hydrogens (tertiary/aromatic N) is 3. The molecule has 0 fully saturated rings. The maximum Gasteiger partial charge on any atom is 0.0680 e. The lowest BCUT2D eigenvalue weighted by atomic mass is 10.1. The van der Waals surface area contributed by atoms with Crippen molar-refractivity contribution in [2.24, 2.45) is 13.0 Å². The van der Waals surface area contributed by atoms with Gasteiger partial charge in [0.25, 0.3) is 0 Å². The van der Waals surface area contributed by atoms with Crippen molar-refractivity contribution in [2.75, 3.05) is 11.4 Å². The summed E-state index contributed by atoms with van der Waals surface area (Å²) >= 11 is 6.01. The van der Waals surface area contributed by atoms with Crippen molar-refractivity contribution in [3.05, 3.63) is 59.2 Å². The molecule has 0 unspecified atom stereocenters. The van der Waals surface area contributed by atoms with Gasteiger partial charge in [0, 0.05) is 36.2 Å². The smallest absolute Gasteiger partial charge is 0.0680 e. The largest absolute Gasteiger partial charge is 0.367 e. The molecule has 0 aliphatic rings. The predicted octanol–water partition coefficient (Wildman–Crippen LogP) is 5.28. The minimum Gasteiger partial charge on any atom is -0.367 e. The van der Waals surface area contributed by atoms with Crippen LogP contribution in [0.2, 0.25) is 5.02 Å². The Kier molecular flexibility index (Phi) is 5.10. The molecule has 0 atom stereocenters. The van der Waals surface area contributed by atoms with Gasteiger partial charge in [0.15, 0.2) is 0 Å². The van der Waals surface area contributed by atoms with Gasteiger partial charge < -0.3 is 4.90 Å². The van der Waals surface area contributed by atoms with Gasteiger partial charge >= 0.3 is 0 Å². The first-order valence-electron chi connectivity index (χ1n) is 8.44. The van der Waals surface area contributed by atoms with E-state index < -0.39 is 0 Å². The van der Waals surface area contributed by atoms with E-state index in [1.807, 2.05) is 30.1 Å². The molecule has 0 aliphatic carbocycles. The summed E-state index contributed by atoms with van der Waals surface area (Å²) in [5, 5.41) is 6.31. The number of benzene rings is 2. The Morgan fingerprint density at radius 3 is 2.58 bits per heavy atom. The first-order valence-corrected chi connectivity index (χ1v) is 8.82. The summed E-state index contributed by atoms with van der Waals surface area (Å²) in [6.07, 6.45) is 3.10. The lowest BCUT2D eigenvalue weighted by Crippen LogP contribution is -2.24. The lowest BCUT2D eigenvalue weighted by molar-refractivity contribution is 0.571. The molecule has 0 spiro atoms. The number of rotatable bonds is 6. The summed E-state index contributed by atoms with van der Waals surface area (Å²) in [6, 6.07) is 14.7. The van der Waals surface area contributed by atoms with E-state index in [1.54, 1.807) is 0 Å². The fourth-order valence-electron chi connectivity index (χ4n) is 2.87. The minimum absolute atomic E-state index is 0.680. The van der Waals surface area contributed by atoms with Gasteiger partial charge in [-0.3, -0.25) is 4.68 Å². The number of hydrogen-bond acceptors (Lipinski definition) is 2. The molecular weight excluding hydrogens is 318 g/mol. The number of fused-ring (bicyclic) bond motifs is 1. The van der Waals surface area contributed by atoms with Crippen LogP contribution < -0.4 is 4.90 Å². The first-order chi connectivity index (χ1) is 11.5. The molecule has 3 aromatic rings. The van der Waals surface area contributed by atoms with E-state index in [0.29, 0.717) is 5.92 Å². The topological polar surface area (TPSA) is 21.1 Å². The lowest BCUT2D eigenvalue weighted by Gasteiger charge is -2.26. The molecule has 126 valence electrons. The average molecular weight is 342 g/mol. The Labute approximate surface area is 148 Å². The van der Waals surface area contributed by atoms with Gasteiger partial charge in [-0.25, -0.2) is 0 Å². The number of aryl methyl sites for hydroxylation is 1. The zero-order chi connectivity index (χ0) is 17.1. The van der Waals surface area contributed by atoms with E-state index >= 15 is 0 Å². The molecule has 3 rings (SSSR count). The highest BCUT2D eigenvalue weighted by Crippen LogP contribution is 2.24. The van der Waals surface area contributed by atoms with Gasteiger partial charge in [-0.1, -0.05) is 37.6 Å². The van der Waals surface area contributed by atoms with Crippen LogP contribution in [0.5, 0.6) is 0 Å². The van der Waals surface area contributed by atoms with Gasteiger partial charge in [0.1, 0.15) is 0 Å². The summed E-state index contributed by atoms with van der Waals surface area (Å²) in [5.41, 5.74) is 3.68. The second-order valence-electron chi connectivity index (χ2n) is 6.74. The van der Waals surface area contributed by atoms with Crippen LogP contribution >= 0.6 is 11.6 Å². The number of halogens is 1. The second kappa shape index (κ2) is 7.27. The number of hydrogen-bond donors (Lipinski definition) is 0. The Bertz CT molecular complexity index is 805. The van der Waals surface area contributed by atoms with Gasteiger partial charge in [0.05, 0.1) is 11.7 Å². The highest BCUT2D eigenvalue weighted by molar-refractivity contribution is 6.30. The highest BCUT2D eigenvalue weighted by atomic mass is 35.5. The molecule has 0 saturated carbocycles. The van der Waals surface area contributed by atoms with Crippen LogP contribution in [-0.2, 0) is 13.6 Å². The zero-order valence-corrected chi connectivity index (χ0v) is 15.3. The van der Waals surface area contributed by atoms with Crippen LogP contribution in [0.25, 0.3) is 10.9 Å².